The first-order chi connectivity index (χ1) is 30.6. The standard InChI is InChI=1S/C39H59FN12O12/c40-19-9-17-22(52(16-1-2-16)14-18(29(17)53)37(59)60)11-23(19)50-6-3-49(4-7-50)5-8-51-15-26(47-48-51)46-21-10-20(43)35(63-38-28(45)32(56)31(55)25(13-42)61-38)34(58)36(21)64-39-33(57)27(44)30(54)24(12-41)62-39/h9,11,14-16,20-21,24-25,27-28,30-36,38-39,46,54-58H,1-8,10,12-13,41-45H2,(H,59,60)/t20-,21+,24+,25+,27-,28+,30+,31+,32+,33+,34-,35+,36-,38+,39+/m1/s1. The molecule has 3 saturated heterocycles. The van der Waals surface area contributed by atoms with Crippen LogP contribution in [0.4, 0.5) is 15.9 Å². The average molecular weight is 907 g/mol. The molecular weight excluding hydrogens is 847 g/mol. The first kappa shape index (κ1) is 46.5. The van der Waals surface area contributed by atoms with Crippen LogP contribution in [0.1, 0.15) is 35.7 Å². The molecule has 0 amide bonds. The number of aliphatic hydroxyl groups excluding tert-OH is 5. The molecule has 354 valence electrons. The number of nitrogens with zero attached hydrogens (tertiary/aromatic N) is 6. The summed E-state index contributed by atoms with van der Waals surface area (Å²) in [6.45, 7) is 2.86. The molecule has 0 bridgehead atoms. The van der Waals surface area contributed by atoms with Gasteiger partial charge >= 0.3 is 5.97 Å². The number of piperazine rings is 1. The number of ether oxygens (including phenoxy) is 4. The molecule has 5 fully saturated rings. The molecule has 24 nitrogen and oxygen atoms in total. The minimum atomic E-state index is -1.56. The Morgan fingerprint density at radius 3 is 2.19 bits per heavy atom. The Morgan fingerprint density at radius 1 is 0.844 bits per heavy atom. The molecule has 1 aromatic carbocycles. The first-order valence-electron chi connectivity index (χ1n) is 21.5. The maximum Gasteiger partial charge on any atom is 0.341 e. The fourth-order valence-corrected chi connectivity index (χ4v) is 9.12. The number of benzene rings is 1. The minimum absolute atomic E-state index is 0.0420. The van der Waals surface area contributed by atoms with Crippen LogP contribution in [0.15, 0.2) is 29.3 Å². The number of carboxylic acid groups (broad SMARTS) is 1. The lowest BCUT2D eigenvalue weighted by Gasteiger charge is -2.49. The molecule has 3 aliphatic heterocycles. The molecule has 2 saturated carbocycles. The van der Waals surface area contributed by atoms with Crippen molar-refractivity contribution in [2.45, 2.75) is 124 Å². The van der Waals surface area contributed by atoms with Gasteiger partial charge in [-0.1, -0.05) is 5.21 Å². The normalized spacial score (nSPS) is 36.4. The van der Waals surface area contributed by atoms with Gasteiger partial charge in [0.15, 0.2) is 18.4 Å². The highest BCUT2D eigenvalue weighted by Crippen LogP contribution is 2.38. The van der Waals surface area contributed by atoms with Crippen LogP contribution in [-0.2, 0) is 25.5 Å². The summed E-state index contributed by atoms with van der Waals surface area (Å²) >= 11 is 0. The number of anilines is 2. The Kier molecular flexibility index (Phi) is 13.8. The van der Waals surface area contributed by atoms with Crippen LogP contribution >= 0.6 is 0 Å². The fraction of sp³-hybridized carbons (Fsp3) is 0.692. The summed E-state index contributed by atoms with van der Waals surface area (Å²) in [7, 11) is 0. The van der Waals surface area contributed by atoms with E-state index in [9.17, 15) is 40.2 Å². The number of nitrogens with one attached hydrogen (secondary N) is 1. The van der Waals surface area contributed by atoms with E-state index in [1.807, 2.05) is 4.90 Å². The van der Waals surface area contributed by atoms with Crippen LogP contribution < -0.4 is 44.3 Å². The van der Waals surface area contributed by atoms with Crippen molar-refractivity contribution >= 4 is 28.4 Å². The average Bonchev–Trinajstić information content (AvgIpc) is 4.03. The van der Waals surface area contributed by atoms with E-state index in [-0.39, 0.29) is 36.5 Å². The zero-order valence-electron chi connectivity index (χ0n) is 34.9. The van der Waals surface area contributed by atoms with Gasteiger partial charge in [-0.3, -0.25) is 9.69 Å². The lowest BCUT2D eigenvalue weighted by molar-refractivity contribution is -0.315. The predicted octanol–water partition coefficient (Wildman–Crippen LogP) is -5.30. The summed E-state index contributed by atoms with van der Waals surface area (Å²) in [5.41, 5.74) is 30.2. The van der Waals surface area contributed by atoms with Gasteiger partial charge in [-0.25, -0.2) is 13.9 Å². The molecule has 5 aliphatic rings. The Bertz CT molecular complexity index is 2170. The van der Waals surface area contributed by atoms with E-state index in [2.05, 4.69) is 20.5 Å². The Labute approximate surface area is 365 Å². The van der Waals surface area contributed by atoms with E-state index in [0.717, 1.165) is 18.9 Å². The van der Waals surface area contributed by atoms with E-state index >= 15 is 4.39 Å². The van der Waals surface area contributed by atoms with Crippen molar-refractivity contribution in [3.05, 3.63) is 46.1 Å². The summed E-state index contributed by atoms with van der Waals surface area (Å²) in [6, 6.07) is -1.29. The summed E-state index contributed by atoms with van der Waals surface area (Å²) in [4.78, 5) is 28.8. The highest BCUT2D eigenvalue weighted by atomic mass is 19.1. The van der Waals surface area contributed by atoms with Crippen LogP contribution in [0, 0.1) is 5.82 Å². The van der Waals surface area contributed by atoms with Gasteiger partial charge in [0.25, 0.3) is 0 Å². The van der Waals surface area contributed by atoms with Gasteiger partial charge in [0, 0.05) is 69.5 Å². The summed E-state index contributed by atoms with van der Waals surface area (Å²) < 4.78 is 42.8. The maximum atomic E-state index is 15.6. The van der Waals surface area contributed by atoms with Crippen molar-refractivity contribution in [2.24, 2.45) is 28.7 Å². The highest BCUT2D eigenvalue weighted by molar-refractivity contribution is 5.93. The molecule has 15 atom stereocenters. The second-order valence-corrected chi connectivity index (χ2v) is 17.3. The van der Waals surface area contributed by atoms with E-state index in [4.69, 9.17) is 47.6 Å². The molecule has 0 unspecified atom stereocenters. The van der Waals surface area contributed by atoms with Crippen molar-refractivity contribution < 1.29 is 58.8 Å². The number of hydrogen-bond donors (Lipinski definition) is 12. The molecule has 8 rings (SSSR count). The first-order valence-corrected chi connectivity index (χ1v) is 21.5. The Balaban J connectivity index is 0.920. The van der Waals surface area contributed by atoms with Gasteiger partial charge in [-0.15, -0.1) is 5.10 Å². The number of hydrogen-bond acceptors (Lipinski definition) is 21. The predicted molar refractivity (Wildman–Crippen MR) is 223 cm³/mol. The number of nitrogens with two attached hydrogens (primary N) is 5. The number of aromatic carboxylic acids is 1. The number of aliphatic hydroxyl groups is 5. The number of halogens is 1. The third-order valence-electron chi connectivity index (χ3n) is 13.1. The van der Waals surface area contributed by atoms with Crippen molar-refractivity contribution in [1.29, 1.82) is 0 Å². The number of aromatic nitrogens is 4. The summed E-state index contributed by atoms with van der Waals surface area (Å²) in [5, 5.41) is 75.7. The molecule has 2 aromatic heterocycles. The van der Waals surface area contributed by atoms with Gasteiger partial charge in [-0.2, -0.15) is 0 Å². The molecule has 0 spiro atoms. The molecule has 2 aliphatic carbocycles. The van der Waals surface area contributed by atoms with Crippen LogP contribution in [-0.4, -0.2) is 199 Å². The fourth-order valence-electron chi connectivity index (χ4n) is 9.12. The third-order valence-corrected chi connectivity index (χ3v) is 13.1. The van der Waals surface area contributed by atoms with Crippen LogP contribution in [0.2, 0.25) is 0 Å². The van der Waals surface area contributed by atoms with Gasteiger partial charge < -0.3 is 93.0 Å². The van der Waals surface area contributed by atoms with E-state index < -0.39 is 109 Å². The molecule has 0 radical (unpaired) electrons. The molecule has 25 heteroatoms. The zero-order chi connectivity index (χ0) is 45.7. The molecule has 17 N–H and O–H groups in total. The molecule has 64 heavy (non-hydrogen) atoms. The Morgan fingerprint density at radius 2 is 1.52 bits per heavy atom. The number of carboxylic acids is 1. The third kappa shape index (κ3) is 9.20. The van der Waals surface area contributed by atoms with Crippen LogP contribution in [0.5, 0.6) is 0 Å². The quantitative estimate of drug-likeness (QED) is 0.0719. The second-order valence-electron chi connectivity index (χ2n) is 17.3. The van der Waals surface area contributed by atoms with Gasteiger partial charge in [-0.05, 0) is 31.4 Å². The zero-order valence-corrected chi connectivity index (χ0v) is 34.9. The number of rotatable bonds is 14. The maximum absolute atomic E-state index is 15.6. The number of pyridine rings is 1. The molecular formula is C39H59FN12O12. The van der Waals surface area contributed by atoms with Gasteiger partial charge in [0.05, 0.1) is 48.2 Å². The minimum Gasteiger partial charge on any atom is -0.477 e. The van der Waals surface area contributed by atoms with Crippen molar-refractivity contribution in [3.63, 3.8) is 0 Å². The van der Waals surface area contributed by atoms with Crippen LogP contribution in [0.25, 0.3) is 10.9 Å². The van der Waals surface area contributed by atoms with E-state index in [0.29, 0.717) is 56.3 Å². The Hall–Kier alpha value is -4.03. The van der Waals surface area contributed by atoms with Gasteiger partial charge in [0.1, 0.15) is 60.2 Å². The summed E-state index contributed by atoms with van der Waals surface area (Å²) in [5.74, 6) is -1.65. The van der Waals surface area contributed by atoms with Crippen LogP contribution in [0.3, 0.4) is 0 Å². The molecule has 3 aromatic rings. The number of fused-ring (bicyclic) bond motifs is 1. The second kappa shape index (κ2) is 19.1. The highest BCUT2D eigenvalue weighted by Gasteiger charge is 2.52. The van der Waals surface area contributed by atoms with Crippen molar-refractivity contribution in [2.75, 3.05) is 56.0 Å². The molecule has 5 heterocycles. The lowest BCUT2D eigenvalue weighted by Crippen LogP contribution is -2.69. The lowest BCUT2D eigenvalue weighted by atomic mass is 9.83. The van der Waals surface area contributed by atoms with E-state index in [1.165, 1.54) is 6.20 Å². The topological polar surface area (TPSA) is 377 Å². The SMILES string of the molecule is NC[C@@H]1O[C@@H](O[C@H]2[C@H](O)[C@@H](O[C@@H]3O[C@@H](CN)[C@H](O)[C@@H](O)[C@@H]3N)[C@H](N)C[C@@H]2Nc2cn(CCN3CCN(c4cc5c(cc4F)c(=O)c(C(=O)O)cn5C4CC4)CC3)nn2)[C@@H](O)[C@H](N)[C@H]1O. The summed E-state index contributed by atoms with van der Waals surface area (Å²) in [6.07, 6.45) is -9.73. The van der Waals surface area contributed by atoms with Crippen molar-refractivity contribution in [1.82, 2.24) is 24.5 Å². The van der Waals surface area contributed by atoms with E-state index in [1.54, 1.807) is 21.5 Å². The largest absolute Gasteiger partial charge is 0.477 e. The monoisotopic (exact) mass is 906 g/mol. The smallest absolute Gasteiger partial charge is 0.341 e. The van der Waals surface area contributed by atoms with Crippen molar-refractivity contribution in [3.8, 4) is 0 Å². The van der Waals surface area contributed by atoms with Gasteiger partial charge in [0.2, 0.25) is 5.43 Å². The number of carbonyl (C=O) groups is 1.